The summed E-state index contributed by atoms with van der Waals surface area (Å²) in [6, 6.07) is 5.10. The first-order valence-corrected chi connectivity index (χ1v) is 8.37. The predicted octanol–water partition coefficient (Wildman–Crippen LogP) is -0.00480. The maximum absolute atomic E-state index is 12.5. The summed E-state index contributed by atoms with van der Waals surface area (Å²) < 4.78 is 13.6. The summed E-state index contributed by atoms with van der Waals surface area (Å²) in [5.74, 6) is 0.818. The monoisotopic (exact) mass is 371 g/mol. The third kappa shape index (κ3) is 3.34. The quantitative estimate of drug-likeness (QED) is 0.647. The molecule has 0 bridgehead atoms. The largest absolute Gasteiger partial charge is 0.486 e. The summed E-state index contributed by atoms with van der Waals surface area (Å²) >= 11 is 0. The van der Waals surface area contributed by atoms with Gasteiger partial charge in [-0.2, -0.15) is 5.10 Å². The molecule has 1 aliphatic heterocycles. The predicted molar refractivity (Wildman–Crippen MR) is 94.9 cm³/mol. The molecular weight excluding hydrogens is 354 g/mol. The molecule has 4 rings (SSSR count). The third-order valence-electron chi connectivity index (χ3n) is 4.07. The molecule has 0 saturated carbocycles. The van der Waals surface area contributed by atoms with Crippen molar-refractivity contribution in [2.24, 2.45) is 0 Å². The average molecular weight is 371 g/mol. The molecule has 0 spiro atoms. The van der Waals surface area contributed by atoms with Gasteiger partial charge in [-0.1, -0.05) is 0 Å². The molecule has 0 saturated heterocycles. The molecule has 1 aromatic carbocycles. The van der Waals surface area contributed by atoms with Gasteiger partial charge in [-0.15, -0.1) is 0 Å². The van der Waals surface area contributed by atoms with Crippen LogP contribution in [0.4, 0.5) is 5.69 Å². The minimum absolute atomic E-state index is 0.112. The van der Waals surface area contributed by atoms with Crippen molar-refractivity contribution in [2.75, 3.05) is 25.1 Å². The van der Waals surface area contributed by atoms with Gasteiger partial charge in [-0.05, 0) is 12.1 Å². The van der Waals surface area contributed by atoms with Crippen LogP contribution in [0.5, 0.6) is 11.5 Å². The molecule has 27 heavy (non-hydrogen) atoms. The maximum Gasteiger partial charge on any atom is 0.264 e. The fourth-order valence-corrected chi connectivity index (χ4v) is 2.84. The number of amides is 1. The molecule has 0 atom stereocenters. The van der Waals surface area contributed by atoms with Crippen LogP contribution in [0.25, 0.3) is 11.0 Å². The number of ether oxygens (including phenoxy) is 2. The van der Waals surface area contributed by atoms with Gasteiger partial charge in [0, 0.05) is 11.8 Å². The zero-order valence-electron chi connectivity index (χ0n) is 14.3. The molecule has 0 fully saturated rings. The molecule has 0 radical (unpaired) electrons. The topological polar surface area (TPSA) is 120 Å². The van der Waals surface area contributed by atoms with E-state index in [1.54, 1.807) is 18.2 Å². The van der Waals surface area contributed by atoms with E-state index in [-0.39, 0.29) is 36.5 Å². The zero-order chi connectivity index (χ0) is 18.8. The number of nitrogens with one attached hydrogen (secondary N) is 1. The number of anilines is 1. The number of benzene rings is 1. The lowest BCUT2D eigenvalue weighted by Crippen LogP contribution is -2.28. The molecule has 1 amide bonds. The van der Waals surface area contributed by atoms with Gasteiger partial charge in [0.1, 0.15) is 31.5 Å². The number of rotatable bonds is 5. The van der Waals surface area contributed by atoms with E-state index < -0.39 is 0 Å². The van der Waals surface area contributed by atoms with Crippen LogP contribution in [0.1, 0.15) is 0 Å². The van der Waals surface area contributed by atoms with Gasteiger partial charge < -0.3 is 19.9 Å². The van der Waals surface area contributed by atoms with Crippen LogP contribution in [0, 0.1) is 0 Å². The smallest absolute Gasteiger partial charge is 0.264 e. The molecule has 3 heterocycles. The normalized spacial score (nSPS) is 12.9. The Labute approximate surface area is 153 Å². The van der Waals surface area contributed by atoms with Crippen LogP contribution < -0.4 is 20.3 Å². The van der Waals surface area contributed by atoms with Gasteiger partial charge >= 0.3 is 0 Å². The third-order valence-corrected chi connectivity index (χ3v) is 4.07. The Morgan fingerprint density at radius 3 is 2.89 bits per heavy atom. The number of carbonyl (C=O) groups is 1. The van der Waals surface area contributed by atoms with E-state index in [2.05, 4.69) is 15.4 Å². The van der Waals surface area contributed by atoms with Crippen LogP contribution in [0.2, 0.25) is 0 Å². The second kappa shape index (κ2) is 7.08. The van der Waals surface area contributed by atoms with Crippen molar-refractivity contribution in [2.45, 2.75) is 13.1 Å². The molecule has 0 aliphatic carbocycles. The Kier molecular flexibility index (Phi) is 4.47. The van der Waals surface area contributed by atoms with Crippen molar-refractivity contribution in [3.05, 3.63) is 41.1 Å². The lowest BCUT2D eigenvalue weighted by Gasteiger charge is -2.19. The highest BCUT2D eigenvalue weighted by Crippen LogP contribution is 2.32. The summed E-state index contributed by atoms with van der Waals surface area (Å²) in [4.78, 5) is 29.0. The fourth-order valence-electron chi connectivity index (χ4n) is 2.84. The van der Waals surface area contributed by atoms with E-state index in [0.29, 0.717) is 36.0 Å². The van der Waals surface area contributed by atoms with Crippen molar-refractivity contribution in [3.63, 3.8) is 0 Å². The standard InChI is InChI=1S/C17H17N5O5/c23-4-3-22-16-12(8-19-22)17(25)21(10-18-16)9-15(24)20-11-1-2-13-14(7-11)27-6-5-26-13/h1-2,7-8,10,23H,3-6,9H2,(H,20,24). The first-order chi connectivity index (χ1) is 13.2. The molecule has 3 aromatic rings. The lowest BCUT2D eigenvalue weighted by atomic mass is 10.2. The van der Waals surface area contributed by atoms with Crippen LogP contribution in [-0.4, -0.2) is 50.2 Å². The van der Waals surface area contributed by atoms with Crippen LogP contribution in [0.15, 0.2) is 35.5 Å². The fraction of sp³-hybridized carbons (Fsp3) is 0.294. The number of fused-ring (bicyclic) bond motifs is 2. The number of hydrogen-bond acceptors (Lipinski definition) is 7. The Morgan fingerprint density at radius 2 is 2.07 bits per heavy atom. The summed E-state index contributed by atoms with van der Waals surface area (Å²) in [6.07, 6.45) is 2.68. The van der Waals surface area contributed by atoms with Gasteiger partial charge in [0.2, 0.25) is 5.91 Å². The summed E-state index contributed by atoms with van der Waals surface area (Å²) in [5.41, 5.74) is 0.543. The van der Waals surface area contributed by atoms with E-state index in [4.69, 9.17) is 14.6 Å². The highest BCUT2D eigenvalue weighted by atomic mass is 16.6. The Hall–Kier alpha value is -3.40. The highest BCUT2D eigenvalue weighted by Gasteiger charge is 2.15. The van der Waals surface area contributed by atoms with Gasteiger partial charge in [0.25, 0.3) is 5.56 Å². The van der Waals surface area contributed by atoms with Gasteiger partial charge in [0.15, 0.2) is 17.1 Å². The number of carbonyl (C=O) groups excluding carboxylic acids is 1. The van der Waals surface area contributed by atoms with Gasteiger partial charge in [-0.3, -0.25) is 14.2 Å². The molecular formula is C17H17N5O5. The van der Waals surface area contributed by atoms with Crippen LogP contribution in [0.3, 0.4) is 0 Å². The maximum atomic E-state index is 12.5. The Balaban J connectivity index is 1.51. The SMILES string of the molecule is O=C(Cn1cnc2c(cnn2CCO)c1=O)Nc1ccc2c(c1)OCCO2. The lowest BCUT2D eigenvalue weighted by molar-refractivity contribution is -0.116. The van der Waals surface area contributed by atoms with Crippen molar-refractivity contribution in [1.29, 1.82) is 0 Å². The second-order valence-corrected chi connectivity index (χ2v) is 5.91. The number of aromatic nitrogens is 4. The Bertz CT molecular complexity index is 1060. The minimum atomic E-state index is -0.377. The molecule has 1 aliphatic rings. The Morgan fingerprint density at radius 1 is 1.26 bits per heavy atom. The van der Waals surface area contributed by atoms with Gasteiger partial charge in [-0.25, -0.2) is 9.67 Å². The van der Waals surface area contributed by atoms with E-state index in [0.717, 1.165) is 0 Å². The molecule has 0 unspecified atom stereocenters. The van der Waals surface area contributed by atoms with E-state index in [9.17, 15) is 9.59 Å². The van der Waals surface area contributed by atoms with Crippen molar-refractivity contribution < 1.29 is 19.4 Å². The van der Waals surface area contributed by atoms with Crippen molar-refractivity contribution in [3.8, 4) is 11.5 Å². The second-order valence-electron chi connectivity index (χ2n) is 5.91. The molecule has 10 nitrogen and oxygen atoms in total. The number of nitrogens with zero attached hydrogens (tertiary/aromatic N) is 4. The summed E-state index contributed by atoms with van der Waals surface area (Å²) in [5, 5.41) is 16.1. The first-order valence-electron chi connectivity index (χ1n) is 8.37. The van der Waals surface area contributed by atoms with E-state index in [1.807, 2.05) is 0 Å². The van der Waals surface area contributed by atoms with Crippen molar-refractivity contribution in [1.82, 2.24) is 19.3 Å². The molecule has 2 aromatic heterocycles. The number of hydrogen-bond donors (Lipinski definition) is 2. The van der Waals surface area contributed by atoms with Crippen LogP contribution >= 0.6 is 0 Å². The molecule has 2 N–H and O–H groups in total. The minimum Gasteiger partial charge on any atom is -0.486 e. The van der Waals surface area contributed by atoms with Crippen molar-refractivity contribution >= 4 is 22.6 Å². The van der Waals surface area contributed by atoms with Crippen LogP contribution in [-0.2, 0) is 17.9 Å². The molecule has 10 heteroatoms. The van der Waals surface area contributed by atoms with E-state index >= 15 is 0 Å². The first kappa shape index (κ1) is 17.0. The van der Waals surface area contributed by atoms with Gasteiger partial charge in [0.05, 0.1) is 19.3 Å². The number of aliphatic hydroxyl groups excluding tert-OH is 1. The molecule has 140 valence electrons. The zero-order valence-corrected chi connectivity index (χ0v) is 14.3. The van der Waals surface area contributed by atoms with E-state index in [1.165, 1.54) is 21.8 Å². The average Bonchev–Trinajstić information content (AvgIpc) is 3.08. The number of aliphatic hydroxyl groups is 1. The summed E-state index contributed by atoms with van der Waals surface area (Å²) in [7, 11) is 0. The summed E-state index contributed by atoms with van der Waals surface area (Å²) in [6.45, 7) is 0.882. The highest BCUT2D eigenvalue weighted by molar-refractivity contribution is 5.91.